The number of phenols is 1. The van der Waals surface area contributed by atoms with Crippen LogP contribution in [0.1, 0.15) is 0 Å². The van der Waals surface area contributed by atoms with E-state index in [4.69, 9.17) is 11.6 Å². The minimum atomic E-state index is -0.127. The van der Waals surface area contributed by atoms with Crippen LogP contribution >= 0.6 is 11.6 Å². The number of hydrogen-bond donors (Lipinski definition) is 1. The van der Waals surface area contributed by atoms with Gasteiger partial charge in [0.2, 0.25) is 0 Å². The van der Waals surface area contributed by atoms with E-state index in [1.165, 1.54) is 0 Å². The number of aromatic nitrogens is 3. The molecule has 0 aliphatic heterocycles. The van der Waals surface area contributed by atoms with Crippen molar-refractivity contribution in [2.24, 2.45) is 7.05 Å². The molecule has 0 unspecified atom stereocenters. The van der Waals surface area contributed by atoms with Crippen molar-refractivity contribution in [3.05, 3.63) is 100 Å². The molecule has 0 spiro atoms. The molecular weight excluding hydrogens is 398 g/mol. The summed E-state index contributed by atoms with van der Waals surface area (Å²) in [6, 6.07) is 24.1. The van der Waals surface area contributed by atoms with E-state index in [0.717, 1.165) is 16.8 Å². The molecule has 6 heteroatoms. The van der Waals surface area contributed by atoms with E-state index >= 15 is 0 Å². The van der Waals surface area contributed by atoms with Crippen LogP contribution in [0.2, 0.25) is 5.02 Å². The summed E-state index contributed by atoms with van der Waals surface area (Å²) in [5, 5.41) is 11.6. The lowest BCUT2D eigenvalue weighted by atomic mass is 10.1. The summed E-state index contributed by atoms with van der Waals surface area (Å²) in [6.07, 6.45) is 1.86. The van der Waals surface area contributed by atoms with Crippen LogP contribution in [-0.2, 0) is 7.05 Å². The summed E-state index contributed by atoms with van der Waals surface area (Å²) < 4.78 is 5.31. The monoisotopic (exact) mass is 415 g/mol. The van der Waals surface area contributed by atoms with Crippen LogP contribution in [0.3, 0.4) is 0 Å². The first kappa shape index (κ1) is 18.3. The predicted octanol–water partition coefficient (Wildman–Crippen LogP) is 5.15. The second-order valence-corrected chi connectivity index (χ2v) is 7.52. The molecule has 0 aliphatic rings. The first-order valence-corrected chi connectivity index (χ1v) is 9.87. The van der Waals surface area contributed by atoms with Crippen LogP contribution in [0.4, 0.5) is 0 Å². The van der Waals surface area contributed by atoms with Crippen molar-refractivity contribution in [3.63, 3.8) is 0 Å². The van der Waals surface area contributed by atoms with Gasteiger partial charge in [0, 0.05) is 18.3 Å². The van der Waals surface area contributed by atoms with E-state index in [9.17, 15) is 9.90 Å². The summed E-state index contributed by atoms with van der Waals surface area (Å²) in [5.74, 6) is 0.0836. The number of phenolic OH excluding ortho intramolecular Hbond substituents is 1. The summed E-state index contributed by atoms with van der Waals surface area (Å²) >= 11 is 6.21. The molecule has 0 saturated heterocycles. The lowest BCUT2D eigenvalue weighted by Crippen LogP contribution is -2.20. The molecule has 1 N–H and O–H groups in total. The van der Waals surface area contributed by atoms with Crippen LogP contribution in [-0.4, -0.2) is 19.0 Å². The highest BCUT2D eigenvalue weighted by molar-refractivity contribution is 6.30. The fraction of sp³-hybridized carbons (Fsp3) is 0.0417. The first-order valence-electron chi connectivity index (χ1n) is 9.49. The van der Waals surface area contributed by atoms with Gasteiger partial charge in [-0.15, -0.1) is 0 Å². The molecule has 5 nitrogen and oxygen atoms in total. The average molecular weight is 416 g/mol. The topological polar surface area (TPSA) is 52.1 Å². The second kappa shape index (κ2) is 6.97. The third-order valence-electron chi connectivity index (χ3n) is 5.29. The average Bonchev–Trinajstić information content (AvgIpc) is 3.27. The van der Waals surface area contributed by atoms with E-state index in [1.54, 1.807) is 22.9 Å². The van der Waals surface area contributed by atoms with Gasteiger partial charge in [-0.1, -0.05) is 60.1 Å². The maximum absolute atomic E-state index is 13.6. The molecule has 2 aromatic heterocycles. The predicted molar refractivity (Wildman–Crippen MR) is 120 cm³/mol. The summed E-state index contributed by atoms with van der Waals surface area (Å²) in [4.78, 5) is 13.6. The van der Waals surface area contributed by atoms with Crippen LogP contribution < -0.4 is 5.56 Å². The normalized spacial score (nSPS) is 11.3. The highest BCUT2D eigenvalue weighted by Crippen LogP contribution is 2.35. The Morgan fingerprint density at radius 2 is 1.57 bits per heavy atom. The van der Waals surface area contributed by atoms with E-state index in [-0.39, 0.29) is 11.3 Å². The Balaban J connectivity index is 1.90. The van der Waals surface area contributed by atoms with Crippen molar-refractivity contribution in [2.45, 2.75) is 0 Å². The molecule has 0 aliphatic carbocycles. The molecule has 0 saturated carbocycles. The third kappa shape index (κ3) is 2.75. The summed E-state index contributed by atoms with van der Waals surface area (Å²) in [5.41, 5.74) is 3.51. The Hall–Kier alpha value is -3.70. The Morgan fingerprint density at radius 3 is 2.27 bits per heavy atom. The number of nitrogens with zero attached hydrogens (tertiary/aromatic N) is 3. The smallest absolute Gasteiger partial charge is 0.281 e. The second-order valence-electron chi connectivity index (χ2n) is 7.08. The third-order valence-corrected chi connectivity index (χ3v) is 5.52. The summed E-state index contributed by atoms with van der Waals surface area (Å²) in [6.45, 7) is 0. The molecule has 0 bridgehead atoms. The Labute approximate surface area is 177 Å². The number of rotatable bonds is 3. The quantitative estimate of drug-likeness (QED) is 0.443. The molecule has 0 radical (unpaired) electrons. The first-order chi connectivity index (χ1) is 14.6. The molecule has 0 atom stereocenters. The van der Waals surface area contributed by atoms with Gasteiger partial charge in [0.15, 0.2) is 0 Å². The Kier molecular flexibility index (Phi) is 4.26. The van der Waals surface area contributed by atoms with Gasteiger partial charge in [-0.2, -0.15) is 0 Å². The zero-order chi connectivity index (χ0) is 20.8. The number of aromatic hydroxyl groups is 1. The van der Waals surface area contributed by atoms with Crippen LogP contribution in [0, 0.1) is 0 Å². The number of benzene rings is 3. The number of fused-ring (bicyclic) bond motifs is 1. The van der Waals surface area contributed by atoms with Crippen molar-refractivity contribution in [2.75, 3.05) is 0 Å². The van der Waals surface area contributed by atoms with Crippen molar-refractivity contribution in [1.29, 1.82) is 0 Å². The van der Waals surface area contributed by atoms with Gasteiger partial charge in [-0.3, -0.25) is 9.48 Å². The largest absolute Gasteiger partial charge is 0.506 e. The maximum Gasteiger partial charge on any atom is 0.281 e. The number of halogens is 1. The SMILES string of the molecule is Cn1c2cn(-c3cc(Cl)ccc3O)c(-c3ccccc3)c2c(=O)n1-c1ccccc1. The molecule has 5 aromatic rings. The van der Waals surface area contributed by atoms with E-state index in [2.05, 4.69) is 0 Å². The van der Waals surface area contributed by atoms with Gasteiger partial charge in [0.25, 0.3) is 5.56 Å². The molecule has 3 aromatic carbocycles. The molecule has 0 amide bonds. The highest BCUT2D eigenvalue weighted by atomic mass is 35.5. The lowest BCUT2D eigenvalue weighted by Gasteiger charge is -2.13. The fourth-order valence-electron chi connectivity index (χ4n) is 3.92. The van der Waals surface area contributed by atoms with E-state index in [0.29, 0.717) is 21.8 Å². The van der Waals surface area contributed by atoms with Crippen molar-refractivity contribution in [3.8, 4) is 28.4 Å². The zero-order valence-electron chi connectivity index (χ0n) is 16.2. The Morgan fingerprint density at radius 1 is 0.900 bits per heavy atom. The van der Waals surface area contributed by atoms with E-state index in [1.807, 2.05) is 83.2 Å². The molecule has 2 heterocycles. The fourth-order valence-corrected chi connectivity index (χ4v) is 4.08. The maximum atomic E-state index is 13.6. The van der Waals surface area contributed by atoms with Gasteiger partial charge >= 0.3 is 0 Å². The molecule has 30 heavy (non-hydrogen) atoms. The van der Waals surface area contributed by atoms with Gasteiger partial charge in [-0.25, -0.2) is 4.68 Å². The van der Waals surface area contributed by atoms with Gasteiger partial charge < -0.3 is 9.67 Å². The van der Waals surface area contributed by atoms with Crippen molar-refractivity contribution in [1.82, 2.24) is 13.9 Å². The molecule has 0 fully saturated rings. The standard InChI is InChI=1S/C24H18ClN3O2/c1-26-20-15-27(19-14-17(25)12-13-21(19)29)23(16-8-4-2-5-9-16)22(20)24(30)28(26)18-10-6-3-7-11-18/h2-15,29H,1H3. The van der Waals surface area contributed by atoms with Gasteiger partial charge in [-0.05, 0) is 35.9 Å². The lowest BCUT2D eigenvalue weighted by molar-refractivity contribution is 0.472. The van der Waals surface area contributed by atoms with E-state index < -0.39 is 0 Å². The van der Waals surface area contributed by atoms with Crippen LogP contribution in [0.5, 0.6) is 5.75 Å². The van der Waals surface area contributed by atoms with Crippen molar-refractivity contribution >= 4 is 22.5 Å². The van der Waals surface area contributed by atoms with Crippen molar-refractivity contribution < 1.29 is 5.11 Å². The number of aryl methyl sites for hydroxylation is 1. The minimum Gasteiger partial charge on any atom is -0.506 e. The van der Waals surface area contributed by atoms with Gasteiger partial charge in [0.1, 0.15) is 5.75 Å². The minimum absolute atomic E-state index is 0.0836. The Bertz CT molecular complexity index is 1430. The van der Waals surface area contributed by atoms with Crippen LogP contribution in [0.15, 0.2) is 89.9 Å². The molecular formula is C24H18ClN3O2. The highest BCUT2D eigenvalue weighted by Gasteiger charge is 2.23. The molecule has 5 rings (SSSR count). The number of para-hydroxylation sites is 1. The zero-order valence-corrected chi connectivity index (χ0v) is 16.9. The summed E-state index contributed by atoms with van der Waals surface area (Å²) in [7, 11) is 1.85. The van der Waals surface area contributed by atoms with Crippen LogP contribution in [0.25, 0.3) is 33.5 Å². The van der Waals surface area contributed by atoms with Gasteiger partial charge in [0.05, 0.1) is 28.0 Å². The number of hydrogen-bond acceptors (Lipinski definition) is 2. The molecule has 148 valence electrons.